The summed E-state index contributed by atoms with van der Waals surface area (Å²) in [6.07, 6.45) is -4.61. The molecule has 8 heteroatoms. The second-order valence-corrected chi connectivity index (χ2v) is 6.16. The number of alkyl halides is 3. The minimum atomic E-state index is -4.61. The lowest BCUT2D eigenvalue weighted by Crippen LogP contribution is -2.32. The minimum absolute atomic E-state index is 0.146. The maximum atomic E-state index is 13.1. The van der Waals surface area contributed by atoms with Crippen LogP contribution in [-0.2, 0) is 17.5 Å². The van der Waals surface area contributed by atoms with Gasteiger partial charge in [0.1, 0.15) is 6.04 Å². The number of aliphatic carboxylic acids is 1. The van der Waals surface area contributed by atoms with Crippen LogP contribution in [0.4, 0.5) is 13.2 Å². The topological polar surface area (TPSA) is 53.4 Å². The Balaban J connectivity index is 2.37. The van der Waals surface area contributed by atoms with E-state index in [-0.39, 0.29) is 12.1 Å². The highest BCUT2D eigenvalue weighted by Crippen LogP contribution is 2.36. The molecule has 0 aliphatic heterocycles. The molecule has 1 N–H and O–H groups in total. The maximum absolute atomic E-state index is 13.1. The highest BCUT2D eigenvalue weighted by Gasteiger charge is 2.38. The molecule has 0 radical (unpaired) electrons. The molecular weight excluding hydrogens is 329 g/mol. The van der Waals surface area contributed by atoms with Crippen LogP contribution < -0.4 is 0 Å². The van der Waals surface area contributed by atoms with Crippen molar-refractivity contribution < 1.29 is 23.1 Å². The lowest BCUT2D eigenvalue weighted by molar-refractivity contribution is -0.145. The molecule has 1 unspecified atom stereocenters. The summed E-state index contributed by atoms with van der Waals surface area (Å²) in [7, 11) is 1.47. The van der Waals surface area contributed by atoms with Gasteiger partial charge in [-0.15, -0.1) is 11.3 Å². The smallest absolute Gasteiger partial charge is 0.416 e. The third kappa shape index (κ3) is 4.08. The molecule has 0 spiro atoms. The fourth-order valence-corrected chi connectivity index (χ4v) is 2.98. The van der Waals surface area contributed by atoms with Gasteiger partial charge in [-0.1, -0.05) is 18.2 Å². The second kappa shape index (κ2) is 6.67. The maximum Gasteiger partial charge on any atom is 0.416 e. The Hall–Kier alpha value is -1.93. The van der Waals surface area contributed by atoms with Crippen molar-refractivity contribution in [1.29, 1.82) is 0 Å². The monoisotopic (exact) mass is 344 g/mol. The Morgan fingerprint density at radius 2 is 2.04 bits per heavy atom. The van der Waals surface area contributed by atoms with Crippen LogP contribution in [0.3, 0.4) is 0 Å². The number of aryl methyl sites for hydroxylation is 1. The van der Waals surface area contributed by atoms with E-state index < -0.39 is 23.8 Å². The van der Waals surface area contributed by atoms with Gasteiger partial charge in [-0.2, -0.15) is 13.2 Å². The standard InChI is InChI=1S/C15H15F3N2O2S/c1-9-19-10(8-23-9)7-20(2)13(14(21)22)11-5-3-4-6-12(11)15(16,17)18/h3-6,8,13H,7H2,1-2H3,(H,21,22). The number of rotatable bonds is 5. The highest BCUT2D eigenvalue weighted by molar-refractivity contribution is 7.09. The summed E-state index contributed by atoms with van der Waals surface area (Å²) in [6.45, 7) is 1.95. The largest absolute Gasteiger partial charge is 0.480 e. The van der Waals surface area contributed by atoms with Gasteiger partial charge in [-0.25, -0.2) is 4.98 Å². The van der Waals surface area contributed by atoms with E-state index in [0.717, 1.165) is 11.1 Å². The number of benzene rings is 1. The van der Waals surface area contributed by atoms with Crippen LogP contribution in [0.2, 0.25) is 0 Å². The molecule has 0 saturated carbocycles. The number of thiazole rings is 1. The summed E-state index contributed by atoms with van der Waals surface area (Å²) in [6, 6.07) is 3.34. The summed E-state index contributed by atoms with van der Waals surface area (Å²) in [5.74, 6) is -1.34. The van der Waals surface area contributed by atoms with E-state index in [9.17, 15) is 23.1 Å². The number of carboxylic acid groups (broad SMARTS) is 1. The van der Waals surface area contributed by atoms with E-state index in [1.165, 1.54) is 41.5 Å². The summed E-state index contributed by atoms with van der Waals surface area (Å²) in [5.41, 5.74) is -0.582. The van der Waals surface area contributed by atoms with Crippen LogP contribution in [0.1, 0.15) is 27.9 Å². The molecule has 1 heterocycles. The van der Waals surface area contributed by atoms with Crippen LogP contribution in [-0.4, -0.2) is 28.0 Å². The summed E-state index contributed by atoms with van der Waals surface area (Å²) in [4.78, 5) is 17.2. The van der Waals surface area contributed by atoms with Crippen molar-refractivity contribution in [3.05, 3.63) is 51.5 Å². The Bertz CT molecular complexity index is 700. The van der Waals surface area contributed by atoms with Gasteiger partial charge in [0, 0.05) is 11.9 Å². The molecule has 1 aromatic carbocycles. The van der Waals surface area contributed by atoms with Crippen molar-refractivity contribution in [3.63, 3.8) is 0 Å². The van der Waals surface area contributed by atoms with Crippen molar-refractivity contribution in [2.75, 3.05) is 7.05 Å². The van der Waals surface area contributed by atoms with Crippen molar-refractivity contribution >= 4 is 17.3 Å². The van der Waals surface area contributed by atoms with Gasteiger partial charge in [0.25, 0.3) is 0 Å². The van der Waals surface area contributed by atoms with Crippen LogP contribution in [0.25, 0.3) is 0 Å². The molecule has 0 fully saturated rings. The molecule has 23 heavy (non-hydrogen) atoms. The Labute approximate surface area is 135 Å². The number of nitrogens with zero attached hydrogens (tertiary/aromatic N) is 2. The first-order valence-electron chi connectivity index (χ1n) is 6.70. The van der Waals surface area contributed by atoms with Gasteiger partial charge in [0.2, 0.25) is 0 Å². The SMILES string of the molecule is Cc1nc(CN(C)C(C(=O)O)c2ccccc2C(F)(F)F)cs1. The van der Waals surface area contributed by atoms with Gasteiger partial charge in [-0.3, -0.25) is 9.69 Å². The molecule has 4 nitrogen and oxygen atoms in total. The lowest BCUT2D eigenvalue weighted by atomic mass is 9.98. The molecule has 0 bridgehead atoms. The number of hydrogen-bond donors (Lipinski definition) is 1. The fraction of sp³-hybridized carbons (Fsp3) is 0.333. The van der Waals surface area contributed by atoms with Gasteiger partial charge >= 0.3 is 12.1 Å². The summed E-state index contributed by atoms with van der Waals surface area (Å²) in [5, 5.41) is 12.0. The first kappa shape index (κ1) is 17.4. The zero-order chi connectivity index (χ0) is 17.2. The molecule has 0 amide bonds. The van der Waals surface area contributed by atoms with Crippen LogP contribution in [0, 0.1) is 6.92 Å². The summed E-state index contributed by atoms with van der Waals surface area (Å²) < 4.78 is 39.4. The normalized spacial score (nSPS) is 13.3. The van der Waals surface area contributed by atoms with Crippen LogP contribution in [0.15, 0.2) is 29.6 Å². The van der Waals surface area contributed by atoms with Crippen LogP contribution in [0.5, 0.6) is 0 Å². The Morgan fingerprint density at radius 3 is 2.57 bits per heavy atom. The second-order valence-electron chi connectivity index (χ2n) is 5.10. The Morgan fingerprint density at radius 1 is 1.39 bits per heavy atom. The van der Waals surface area contributed by atoms with E-state index in [1.807, 2.05) is 6.92 Å². The minimum Gasteiger partial charge on any atom is -0.480 e. The molecule has 0 saturated heterocycles. The average Bonchev–Trinajstić information content (AvgIpc) is 2.83. The highest BCUT2D eigenvalue weighted by atomic mass is 32.1. The molecule has 2 aromatic rings. The quantitative estimate of drug-likeness (QED) is 0.898. The van der Waals surface area contributed by atoms with Crippen molar-refractivity contribution in [2.24, 2.45) is 0 Å². The zero-order valence-corrected chi connectivity index (χ0v) is 13.3. The molecule has 1 atom stereocenters. The third-order valence-electron chi connectivity index (χ3n) is 3.31. The third-order valence-corrected chi connectivity index (χ3v) is 4.14. The molecular formula is C15H15F3N2O2S. The van der Waals surface area contributed by atoms with Gasteiger partial charge in [-0.05, 0) is 25.6 Å². The van der Waals surface area contributed by atoms with Gasteiger partial charge in [0.05, 0.1) is 16.3 Å². The molecule has 1 aromatic heterocycles. The van der Waals surface area contributed by atoms with Crippen molar-refractivity contribution in [1.82, 2.24) is 9.88 Å². The van der Waals surface area contributed by atoms with Crippen LogP contribution >= 0.6 is 11.3 Å². The number of likely N-dealkylation sites (N-methyl/N-ethyl adjacent to an activating group) is 1. The summed E-state index contributed by atoms with van der Waals surface area (Å²) >= 11 is 1.40. The zero-order valence-electron chi connectivity index (χ0n) is 12.5. The van der Waals surface area contributed by atoms with Crippen molar-refractivity contribution in [3.8, 4) is 0 Å². The van der Waals surface area contributed by atoms with E-state index in [1.54, 1.807) is 5.38 Å². The fourth-order valence-electron chi connectivity index (χ4n) is 2.38. The first-order valence-corrected chi connectivity index (χ1v) is 7.58. The molecule has 2 rings (SSSR count). The lowest BCUT2D eigenvalue weighted by Gasteiger charge is -2.26. The average molecular weight is 344 g/mol. The van der Waals surface area contributed by atoms with E-state index in [2.05, 4.69) is 4.98 Å². The van der Waals surface area contributed by atoms with E-state index >= 15 is 0 Å². The predicted molar refractivity (Wildman–Crippen MR) is 80.1 cm³/mol. The van der Waals surface area contributed by atoms with E-state index in [0.29, 0.717) is 5.69 Å². The van der Waals surface area contributed by atoms with Crippen molar-refractivity contribution in [2.45, 2.75) is 25.7 Å². The van der Waals surface area contributed by atoms with Gasteiger partial charge < -0.3 is 5.11 Å². The molecule has 0 aliphatic carbocycles. The molecule has 124 valence electrons. The number of aromatic nitrogens is 1. The predicted octanol–water partition coefficient (Wildman–Crippen LogP) is 3.73. The number of carboxylic acids is 1. The first-order chi connectivity index (χ1) is 10.7. The number of halogens is 3. The van der Waals surface area contributed by atoms with Gasteiger partial charge in [0.15, 0.2) is 0 Å². The Kier molecular flexibility index (Phi) is 5.06. The molecule has 0 aliphatic rings. The van der Waals surface area contributed by atoms with E-state index in [4.69, 9.17) is 0 Å². The number of carbonyl (C=O) groups is 1. The number of hydrogen-bond acceptors (Lipinski definition) is 4.